The molecule has 4 heteroatoms. The van der Waals surface area contributed by atoms with E-state index in [1.807, 2.05) is 25.1 Å². The number of aliphatic hydroxyl groups excluding tert-OH is 1. The molecule has 1 atom stereocenters. The fourth-order valence-corrected chi connectivity index (χ4v) is 2.49. The molecule has 0 spiro atoms. The van der Waals surface area contributed by atoms with Crippen LogP contribution in [0.25, 0.3) is 0 Å². The zero-order valence-electron chi connectivity index (χ0n) is 11.6. The van der Waals surface area contributed by atoms with Gasteiger partial charge in [-0.15, -0.1) is 0 Å². The Morgan fingerprint density at radius 2 is 2.16 bits per heavy atom. The maximum absolute atomic E-state index is 12.1. The van der Waals surface area contributed by atoms with E-state index in [1.165, 1.54) is 0 Å². The summed E-state index contributed by atoms with van der Waals surface area (Å²) in [4.78, 5) is 12.1. The minimum Gasteiger partial charge on any atom is -0.396 e. The van der Waals surface area contributed by atoms with Crippen molar-refractivity contribution in [3.05, 3.63) is 33.8 Å². The summed E-state index contributed by atoms with van der Waals surface area (Å²) in [5.41, 5.74) is 1.66. The Balaban J connectivity index is 2.61. The first-order valence-corrected chi connectivity index (χ1v) is 7.53. The van der Waals surface area contributed by atoms with E-state index in [0.29, 0.717) is 18.0 Å². The van der Waals surface area contributed by atoms with Crippen LogP contribution >= 0.6 is 15.9 Å². The third kappa shape index (κ3) is 4.96. The first-order chi connectivity index (χ1) is 9.10. The summed E-state index contributed by atoms with van der Waals surface area (Å²) in [6.45, 7) is 4.84. The molecular formula is C15H22BrNO2. The van der Waals surface area contributed by atoms with Gasteiger partial charge in [0.2, 0.25) is 0 Å². The van der Waals surface area contributed by atoms with Crippen molar-refractivity contribution in [1.29, 1.82) is 0 Å². The fourth-order valence-electron chi connectivity index (χ4n) is 2.12. The average Bonchev–Trinajstić information content (AvgIpc) is 2.39. The largest absolute Gasteiger partial charge is 0.396 e. The lowest BCUT2D eigenvalue weighted by Crippen LogP contribution is -2.30. The number of rotatable bonds is 7. The van der Waals surface area contributed by atoms with Crippen molar-refractivity contribution in [2.45, 2.75) is 33.1 Å². The number of benzene rings is 1. The number of halogens is 1. The summed E-state index contributed by atoms with van der Waals surface area (Å²) >= 11 is 3.43. The van der Waals surface area contributed by atoms with Gasteiger partial charge >= 0.3 is 0 Å². The van der Waals surface area contributed by atoms with Crippen LogP contribution in [0.4, 0.5) is 0 Å². The summed E-state index contributed by atoms with van der Waals surface area (Å²) in [5.74, 6) is 0.309. The van der Waals surface area contributed by atoms with E-state index >= 15 is 0 Å². The molecule has 0 aromatic heterocycles. The van der Waals surface area contributed by atoms with E-state index in [2.05, 4.69) is 28.2 Å². The predicted octanol–water partition coefficient (Wildman–Crippen LogP) is 3.29. The monoisotopic (exact) mass is 327 g/mol. The Labute approximate surface area is 123 Å². The van der Waals surface area contributed by atoms with Gasteiger partial charge in [-0.05, 0) is 43.4 Å². The molecule has 0 aliphatic rings. The molecule has 0 fully saturated rings. The second kappa shape index (κ2) is 8.33. The number of carbonyl (C=O) groups is 1. The van der Waals surface area contributed by atoms with Crippen LogP contribution in [0.15, 0.2) is 22.7 Å². The van der Waals surface area contributed by atoms with Crippen LogP contribution in [0, 0.1) is 12.8 Å². The fraction of sp³-hybridized carbons (Fsp3) is 0.533. The predicted molar refractivity (Wildman–Crippen MR) is 81.3 cm³/mol. The van der Waals surface area contributed by atoms with Gasteiger partial charge in [-0.2, -0.15) is 0 Å². The van der Waals surface area contributed by atoms with E-state index in [9.17, 15) is 4.79 Å². The van der Waals surface area contributed by atoms with Crippen LogP contribution in [0.2, 0.25) is 0 Å². The van der Waals surface area contributed by atoms with Crippen molar-refractivity contribution >= 4 is 21.8 Å². The van der Waals surface area contributed by atoms with Gasteiger partial charge in [-0.1, -0.05) is 35.3 Å². The average molecular weight is 328 g/mol. The van der Waals surface area contributed by atoms with E-state index in [4.69, 9.17) is 5.11 Å². The highest BCUT2D eigenvalue weighted by molar-refractivity contribution is 9.10. The molecule has 2 N–H and O–H groups in total. The second-order valence-corrected chi connectivity index (χ2v) is 5.64. The lowest BCUT2D eigenvalue weighted by atomic mass is 10.00. The SMILES string of the molecule is CCCC(CCO)CNC(=O)c1cccc(Br)c1C. The van der Waals surface area contributed by atoms with Crippen molar-refractivity contribution in [3.8, 4) is 0 Å². The number of hydrogen-bond donors (Lipinski definition) is 2. The number of amides is 1. The molecule has 1 unspecified atom stereocenters. The van der Waals surface area contributed by atoms with E-state index in [0.717, 1.165) is 29.3 Å². The summed E-state index contributed by atoms with van der Waals surface area (Å²) in [5, 5.41) is 12.0. The molecule has 0 saturated carbocycles. The van der Waals surface area contributed by atoms with Gasteiger partial charge in [0, 0.05) is 23.2 Å². The van der Waals surface area contributed by atoms with Gasteiger partial charge in [-0.25, -0.2) is 0 Å². The van der Waals surface area contributed by atoms with Crippen molar-refractivity contribution in [1.82, 2.24) is 5.32 Å². The summed E-state index contributed by atoms with van der Waals surface area (Å²) in [6, 6.07) is 5.62. The smallest absolute Gasteiger partial charge is 0.251 e. The molecule has 3 nitrogen and oxygen atoms in total. The van der Waals surface area contributed by atoms with Gasteiger partial charge in [0.15, 0.2) is 0 Å². The van der Waals surface area contributed by atoms with Gasteiger partial charge < -0.3 is 10.4 Å². The van der Waals surface area contributed by atoms with Crippen LogP contribution in [0.1, 0.15) is 42.1 Å². The second-order valence-electron chi connectivity index (χ2n) is 4.79. The molecular weight excluding hydrogens is 306 g/mol. The Kier molecular flexibility index (Phi) is 7.10. The van der Waals surface area contributed by atoms with Crippen molar-refractivity contribution < 1.29 is 9.90 Å². The highest BCUT2D eigenvalue weighted by atomic mass is 79.9. The standard InChI is InChI=1S/C15H22BrNO2/c1-3-5-12(8-9-18)10-17-15(19)13-6-4-7-14(16)11(13)2/h4,6-7,12,18H,3,5,8-10H2,1-2H3,(H,17,19). The zero-order chi connectivity index (χ0) is 14.3. The van der Waals surface area contributed by atoms with Crippen LogP contribution in [0.5, 0.6) is 0 Å². The number of aliphatic hydroxyl groups is 1. The molecule has 0 aliphatic heterocycles. The van der Waals surface area contributed by atoms with Gasteiger partial charge in [-0.3, -0.25) is 4.79 Å². The minimum absolute atomic E-state index is 0.0437. The number of nitrogens with one attached hydrogen (secondary N) is 1. The van der Waals surface area contributed by atoms with Gasteiger partial charge in [0.1, 0.15) is 0 Å². The molecule has 1 amide bonds. The topological polar surface area (TPSA) is 49.3 Å². The van der Waals surface area contributed by atoms with E-state index < -0.39 is 0 Å². The van der Waals surface area contributed by atoms with E-state index in [-0.39, 0.29) is 12.5 Å². The highest BCUT2D eigenvalue weighted by Crippen LogP contribution is 2.19. The van der Waals surface area contributed by atoms with E-state index in [1.54, 1.807) is 0 Å². The van der Waals surface area contributed by atoms with Crippen LogP contribution in [-0.2, 0) is 0 Å². The molecule has 1 rings (SSSR count). The molecule has 0 heterocycles. The van der Waals surface area contributed by atoms with Crippen molar-refractivity contribution in [2.24, 2.45) is 5.92 Å². The van der Waals surface area contributed by atoms with Crippen LogP contribution in [-0.4, -0.2) is 24.2 Å². The third-order valence-corrected chi connectivity index (χ3v) is 4.16. The first-order valence-electron chi connectivity index (χ1n) is 6.74. The van der Waals surface area contributed by atoms with Crippen molar-refractivity contribution in [2.75, 3.05) is 13.2 Å². The summed E-state index contributed by atoms with van der Waals surface area (Å²) < 4.78 is 0.945. The Morgan fingerprint density at radius 3 is 2.79 bits per heavy atom. The third-order valence-electron chi connectivity index (χ3n) is 3.30. The van der Waals surface area contributed by atoms with Crippen LogP contribution < -0.4 is 5.32 Å². The van der Waals surface area contributed by atoms with Gasteiger partial charge in [0.05, 0.1) is 0 Å². The van der Waals surface area contributed by atoms with Gasteiger partial charge in [0.25, 0.3) is 5.91 Å². The molecule has 1 aromatic carbocycles. The first kappa shape index (κ1) is 16.2. The number of hydrogen-bond acceptors (Lipinski definition) is 2. The molecule has 19 heavy (non-hydrogen) atoms. The maximum Gasteiger partial charge on any atom is 0.251 e. The zero-order valence-corrected chi connectivity index (χ0v) is 13.2. The molecule has 106 valence electrons. The Morgan fingerprint density at radius 1 is 1.42 bits per heavy atom. The normalized spacial score (nSPS) is 12.2. The van der Waals surface area contributed by atoms with Crippen LogP contribution in [0.3, 0.4) is 0 Å². The Bertz CT molecular complexity index is 415. The minimum atomic E-state index is -0.0437. The maximum atomic E-state index is 12.1. The molecule has 0 aliphatic carbocycles. The molecule has 1 aromatic rings. The molecule has 0 bridgehead atoms. The lowest BCUT2D eigenvalue weighted by Gasteiger charge is -2.16. The summed E-state index contributed by atoms with van der Waals surface area (Å²) in [6.07, 6.45) is 2.83. The lowest BCUT2D eigenvalue weighted by molar-refractivity contribution is 0.0942. The molecule has 0 radical (unpaired) electrons. The summed E-state index contributed by atoms with van der Waals surface area (Å²) in [7, 11) is 0. The molecule has 0 saturated heterocycles. The Hall–Kier alpha value is -0.870. The quantitative estimate of drug-likeness (QED) is 0.807. The highest BCUT2D eigenvalue weighted by Gasteiger charge is 2.13. The van der Waals surface area contributed by atoms with Crippen molar-refractivity contribution in [3.63, 3.8) is 0 Å². The number of carbonyl (C=O) groups excluding carboxylic acids is 1.